The zero-order chi connectivity index (χ0) is 17.6. The summed E-state index contributed by atoms with van der Waals surface area (Å²) in [6.45, 7) is -0.0639. The van der Waals surface area contributed by atoms with Crippen LogP contribution in [-0.2, 0) is 0 Å². The van der Waals surface area contributed by atoms with E-state index < -0.39 is 5.82 Å². The van der Waals surface area contributed by atoms with Crippen LogP contribution in [0.3, 0.4) is 0 Å². The molecule has 0 atom stereocenters. The lowest BCUT2D eigenvalue weighted by Crippen LogP contribution is -2.27. The number of aliphatic hydroxyl groups is 1. The number of aromatic nitrogens is 2. The van der Waals surface area contributed by atoms with E-state index in [1.54, 1.807) is 36.4 Å². The highest BCUT2D eigenvalue weighted by Gasteiger charge is 2.32. The van der Waals surface area contributed by atoms with Gasteiger partial charge in [-0.15, -0.1) is 0 Å². The summed E-state index contributed by atoms with van der Waals surface area (Å²) in [4.78, 5) is 20.5. The number of nitrogens with one attached hydrogen (secondary N) is 2. The van der Waals surface area contributed by atoms with Gasteiger partial charge in [0.2, 0.25) is 0 Å². The number of hydrogen-bond acceptors (Lipinski definition) is 4. The number of halogens is 1. The highest BCUT2D eigenvalue weighted by atomic mass is 19.1. The SMILES string of the molecule is N=C1C(c2nc3ccccc3c(=O)[nH]2)=C(O)CN1c1ccccc1F. The molecule has 7 heteroatoms. The van der Waals surface area contributed by atoms with Gasteiger partial charge in [0.05, 0.1) is 28.7 Å². The Kier molecular flexibility index (Phi) is 3.35. The predicted molar refractivity (Wildman–Crippen MR) is 93.4 cm³/mol. The normalized spacial score (nSPS) is 14.6. The molecular weight excluding hydrogens is 323 g/mol. The van der Waals surface area contributed by atoms with Crippen molar-refractivity contribution in [3.8, 4) is 0 Å². The number of amidine groups is 1. The molecule has 0 aliphatic carbocycles. The fourth-order valence-corrected chi connectivity index (χ4v) is 2.91. The molecule has 3 aromatic rings. The van der Waals surface area contributed by atoms with Crippen molar-refractivity contribution in [1.29, 1.82) is 5.41 Å². The first-order chi connectivity index (χ1) is 12.1. The zero-order valence-corrected chi connectivity index (χ0v) is 13.0. The maximum Gasteiger partial charge on any atom is 0.259 e. The average Bonchev–Trinajstić information content (AvgIpc) is 2.89. The molecule has 0 saturated heterocycles. The molecule has 2 aromatic carbocycles. The number of rotatable bonds is 2. The molecule has 124 valence electrons. The molecule has 0 amide bonds. The number of anilines is 1. The summed E-state index contributed by atoms with van der Waals surface area (Å²) < 4.78 is 14.0. The molecule has 0 bridgehead atoms. The minimum atomic E-state index is -0.499. The van der Waals surface area contributed by atoms with Crippen molar-refractivity contribution in [3.05, 3.63) is 76.3 Å². The van der Waals surface area contributed by atoms with Crippen molar-refractivity contribution in [3.63, 3.8) is 0 Å². The fourth-order valence-electron chi connectivity index (χ4n) is 2.91. The van der Waals surface area contributed by atoms with Gasteiger partial charge < -0.3 is 15.0 Å². The van der Waals surface area contributed by atoms with Crippen LogP contribution in [0.1, 0.15) is 5.82 Å². The summed E-state index contributed by atoms with van der Waals surface area (Å²) in [6, 6.07) is 12.8. The van der Waals surface area contributed by atoms with Crippen LogP contribution in [0.4, 0.5) is 10.1 Å². The monoisotopic (exact) mass is 336 g/mol. The predicted octanol–water partition coefficient (Wildman–Crippen LogP) is 2.83. The number of para-hydroxylation sites is 2. The fraction of sp³-hybridized carbons (Fsp3) is 0.0556. The third-order valence-corrected chi connectivity index (χ3v) is 4.10. The molecule has 6 nitrogen and oxygen atoms in total. The Morgan fingerprint density at radius 1 is 1.16 bits per heavy atom. The Balaban J connectivity index is 1.81. The maximum absolute atomic E-state index is 14.0. The van der Waals surface area contributed by atoms with Crippen molar-refractivity contribution >= 4 is 28.0 Å². The van der Waals surface area contributed by atoms with Gasteiger partial charge in [0, 0.05) is 0 Å². The highest BCUT2D eigenvalue weighted by Crippen LogP contribution is 2.30. The lowest BCUT2D eigenvalue weighted by Gasteiger charge is -2.19. The number of aromatic amines is 1. The van der Waals surface area contributed by atoms with Crippen LogP contribution < -0.4 is 10.5 Å². The Hall–Kier alpha value is -3.48. The van der Waals surface area contributed by atoms with Gasteiger partial charge in [0.15, 0.2) is 0 Å². The summed E-state index contributed by atoms with van der Waals surface area (Å²) in [7, 11) is 0. The number of fused-ring (bicyclic) bond motifs is 1. The van der Waals surface area contributed by atoms with E-state index >= 15 is 0 Å². The molecule has 2 heterocycles. The molecule has 4 rings (SSSR count). The van der Waals surface area contributed by atoms with Crippen molar-refractivity contribution < 1.29 is 9.50 Å². The number of H-pyrrole nitrogens is 1. The largest absolute Gasteiger partial charge is 0.509 e. The van der Waals surface area contributed by atoms with Crippen molar-refractivity contribution in [2.75, 3.05) is 11.4 Å². The van der Waals surface area contributed by atoms with E-state index in [9.17, 15) is 14.3 Å². The summed E-state index contributed by atoms with van der Waals surface area (Å²) in [5.74, 6) is -0.681. The van der Waals surface area contributed by atoms with Crippen LogP contribution >= 0.6 is 0 Å². The van der Waals surface area contributed by atoms with Gasteiger partial charge in [-0.3, -0.25) is 10.2 Å². The summed E-state index contributed by atoms with van der Waals surface area (Å²) in [5, 5.41) is 19.1. The van der Waals surface area contributed by atoms with Crippen molar-refractivity contribution in [1.82, 2.24) is 9.97 Å². The van der Waals surface area contributed by atoms with E-state index in [1.807, 2.05) is 0 Å². The van der Waals surface area contributed by atoms with Gasteiger partial charge in [-0.25, -0.2) is 9.37 Å². The van der Waals surface area contributed by atoms with E-state index in [1.165, 1.54) is 17.0 Å². The molecule has 3 N–H and O–H groups in total. The lowest BCUT2D eigenvalue weighted by molar-refractivity contribution is 0.411. The molecule has 0 radical (unpaired) electrons. The number of hydrogen-bond donors (Lipinski definition) is 3. The van der Waals surface area contributed by atoms with Gasteiger partial charge in [-0.1, -0.05) is 24.3 Å². The van der Waals surface area contributed by atoms with E-state index in [-0.39, 0.29) is 40.8 Å². The second-order valence-corrected chi connectivity index (χ2v) is 5.64. The Labute approximate surface area is 141 Å². The lowest BCUT2D eigenvalue weighted by atomic mass is 10.2. The van der Waals surface area contributed by atoms with Crippen LogP contribution in [0, 0.1) is 11.2 Å². The van der Waals surface area contributed by atoms with Crippen LogP contribution in [0.5, 0.6) is 0 Å². The Morgan fingerprint density at radius 2 is 1.88 bits per heavy atom. The van der Waals surface area contributed by atoms with Crippen molar-refractivity contribution in [2.45, 2.75) is 0 Å². The van der Waals surface area contributed by atoms with Crippen LogP contribution in [0.15, 0.2) is 59.1 Å². The van der Waals surface area contributed by atoms with Gasteiger partial charge in [-0.2, -0.15) is 0 Å². The second-order valence-electron chi connectivity index (χ2n) is 5.64. The topological polar surface area (TPSA) is 93.1 Å². The van der Waals surface area contributed by atoms with Gasteiger partial charge in [0.1, 0.15) is 23.2 Å². The molecule has 0 fully saturated rings. The minimum Gasteiger partial charge on any atom is -0.509 e. The summed E-state index contributed by atoms with van der Waals surface area (Å²) in [6.07, 6.45) is 0. The van der Waals surface area contributed by atoms with E-state index in [0.717, 1.165) is 0 Å². The van der Waals surface area contributed by atoms with Gasteiger partial charge in [0.25, 0.3) is 5.56 Å². The molecule has 1 aliphatic heterocycles. The van der Waals surface area contributed by atoms with Crippen LogP contribution in [0.2, 0.25) is 0 Å². The number of nitrogens with zero attached hydrogens (tertiary/aromatic N) is 2. The molecule has 25 heavy (non-hydrogen) atoms. The first-order valence-corrected chi connectivity index (χ1v) is 7.59. The maximum atomic E-state index is 14.0. The van der Waals surface area contributed by atoms with E-state index in [4.69, 9.17) is 5.41 Å². The molecule has 1 aromatic heterocycles. The molecule has 0 unspecified atom stereocenters. The molecule has 0 saturated carbocycles. The zero-order valence-electron chi connectivity index (χ0n) is 13.0. The average molecular weight is 336 g/mol. The summed E-state index contributed by atoms with van der Waals surface area (Å²) in [5.41, 5.74) is 0.361. The number of benzene rings is 2. The molecule has 0 spiro atoms. The van der Waals surface area contributed by atoms with E-state index in [2.05, 4.69) is 9.97 Å². The Bertz CT molecular complexity index is 1100. The van der Waals surface area contributed by atoms with Gasteiger partial charge in [-0.05, 0) is 24.3 Å². The first kappa shape index (κ1) is 15.1. The van der Waals surface area contributed by atoms with Crippen LogP contribution in [0.25, 0.3) is 16.5 Å². The summed E-state index contributed by atoms with van der Waals surface area (Å²) >= 11 is 0. The van der Waals surface area contributed by atoms with Gasteiger partial charge >= 0.3 is 0 Å². The smallest absolute Gasteiger partial charge is 0.259 e. The Morgan fingerprint density at radius 3 is 2.68 bits per heavy atom. The van der Waals surface area contributed by atoms with Crippen molar-refractivity contribution in [2.24, 2.45) is 0 Å². The quantitative estimate of drug-likeness (QED) is 0.671. The third-order valence-electron chi connectivity index (χ3n) is 4.10. The third kappa shape index (κ3) is 2.37. The molecular formula is C18H13FN4O2. The molecule has 1 aliphatic rings. The highest BCUT2D eigenvalue weighted by molar-refractivity contribution is 6.30. The number of aliphatic hydroxyl groups excluding tert-OH is 1. The first-order valence-electron chi connectivity index (χ1n) is 7.59. The standard InChI is InChI=1S/C18H13FN4O2/c19-11-6-2-4-8-13(11)23-9-14(24)15(16(23)20)17-21-12-7-3-1-5-10(12)18(25)22-17/h1-8,20,24H,9H2,(H,21,22,25). The van der Waals surface area contributed by atoms with E-state index in [0.29, 0.717) is 10.9 Å². The second kappa shape index (κ2) is 5.55. The van der Waals surface area contributed by atoms with Crippen LogP contribution in [-0.4, -0.2) is 27.5 Å². The minimum absolute atomic E-state index is 0.0639.